The van der Waals surface area contributed by atoms with Crippen molar-refractivity contribution in [3.63, 3.8) is 0 Å². The largest absolute Gasteiger partial charge is 0.457 e. The quantitative estimate of drug-likeness (QED) is 0.695. The molecule has 2 heterocycles. The molecule has 1 aromatic carbocycles. The highest BCUT2D eigenvalue weighted by atomic mass is 16.5. The molecule has 0 spiro atoms. The Labute approximate surface area is 136 Å². The van der Waals surface area contributed by atoms with Gasteiger partial charge < -0.3 is 4.74 Å². The van der Waals surface area contributed by atoms with E-state index in [4.69, 9.17) is 4.74 Å². The highest BCUT2D eigenvalue weighted by Crippen LogP contribution is 2.24. The number of nitrogens with zero attached hydrogens (tertiary/aromatic N) is 3. The standard InChI is InChI=1S/C19H21N3O/c1-13(2)18-8-10-22(21-18)19-12-17(7-9-20-19)23-16-6-5-14(3)15(4)11-16/h5-13H,1-4H3. The predicted octanol–water partition coefficient (Wildman–Crippen LogP) is 4.80. The molecule has 0 aliphatic heterocycles. The zero-order valence-corrected chi connectivity index (χ0v) is 13.9. The number of pyridine rings is 1. The van der Waals surface area contributed by atoms with Crippen LogP contribution < -0.4 is 4.74 Å². The number of ether oxygens (including phenoxy) is 1. The van der Waals surface area contributed by atoms with Crippen LogP contribution in [0, 0.1) is 13.8 Å². The molecule has 0 N–H and O–H groups in total. The molecule has 0 unspecified atom stereocenters. The van der Waals surface area contributed by atoms with Crippen LogP contribution in [-0.4, -0.2) is 14.8 Å². The van der Waals surface area contributed by atoms with Crippen molar-refractivity contribution < 1.29 is 4.74 Å². The number of hydrogen-bond donors (Lipinski definition) is 0. The Balaban J connectivity index is 1.85. The number of hydrogen-bond acceptors (Lipinski definition) is 3. The summed E-state index contributed by atoms with van der Waals surface area (Å²) >= 11 is 0. The Hall–Kier alpha value is -2.62. The minimum atomic E-state index is 0.395. The van der Waals surface area contributed by atoms with E-state index in [0.29, 0.717) is 5.92 Å². The maximum atomic E-state index is 5.95. The molecule has 0 aliphatic carbocycles. The molecule has 23 heavy (non-hydrogen) atoms. The van der Waals surface area contributed by atoms with Gasteiger partial charge in [-0.15, -0.1) is 0 Å². The van der Waals surface area contributed by atoms with Crippen LogP contribution in [0.25, 0.3) is 5.82 Å². The van der Waals surface area contributed by atoms with E-state index in [-0.39, 0.29) is 0 Å². The fourth-order valence-corrected chi connectivity index (χ4v) is 2.28. The maximum absolute atomic E-state index is 5.95. The first-order valence-electron chi connectivity index (χ1n) is 7.80. The van der Waals surface area contributed by atoms with Gasteiger partial charge >= 0.3 is 0 Å². The normalized spacial score (nSPS) is 11.0. The van der Waals surface area contributed by atoms with E-state index < -0.39 is 0 Å². The van der Waals surface area contributed by atoms with Gasteiger partial charge in [0.1, 0.15) is 11.5 Å². The van der Waals surface area contributed by atoms with Crippen molar-refractivity contribution in [3.8, 4) is 17.3 Å². The molecule has 2 aromatic heterocycles. The van der Waals surface area contributed by atoms with Gasteiger partial charge in [0.25, 0.3) is 0 Å². The average molecular weight is 307 g/mol. The minimum absolute atomic E-state index is 0.395. The van der Waals surface area contributed by atoms with Gasteiger partial charge in [0.2, 0.25) is 0 Å². The van der Waals surface area contributed by atoms with Gasteiger partial charge in [0, 0.05) is 18.5 Å². The summed E-state index contributed by atoms with van der Waals surface area (Å²) in [5, 5.41) is 4.55. The van der Waals surface area contributed by atoms with Crippen LogP contribution in [0.1, 0.15) is 36.6 Å². The molecule has 0 radical (unpaired) electrons. The van der Waals surface area contributed by atoms with Crippen molar-refractivity contribution in [1.82, 2.24) is 14.8 Å². The van der Waals surface area contributed by atoms with Crippen molar-refractivity contribution in [1.29, 1.82) is 0 Å². The lowest BCUT2D eigenvalue weighted by Gasteiger charge is -2.09. The van der Waals surface area contributed by atoms with Crippen LogP contribution in [0.3, 0.4) is 0 Å². The molecule has 0 amide bonds. The van der Waals surface area contributed by atoms with E-state index in [1.54, 1.807) is 10.9 Å². The zero-order chi connectivity index (χ0) is 16.4. The first-order valence-corrected chi connectivity index (χ1v) is 7.80. The Morgan fingerprint density at radius 1 is 0.957 bits per heavy atom. The summed E-state index contributed by atoms with van der Waals surface area (Å²) in [4.78, 5) is 4.38. The van der Waals surface area contributed by atoms with E-state index in [1.165, 1.54) is 11.1 Å². The smallest absolute Gasteiger partial charge is 0.156 e. The fraction of sp³-hybridized carbons (Fsp3) is 0.263. The molecule has 0 aliphatic rings. The second-order valence-electron chi connectivity index (χ2n) is 6.04. The van der Waals surface area contributed by atoms with E-state index in [9.17, 15) is 0 Å². The number of rotatable bonds is 4. The number of aromatic nitrogens is 3. The SMILES string of the molecule is Cc1ccc(Oc2ccnc(-n3ccc(C(C)C)n3)c2)cc1C. The Bertz CT molecular complexity index is 821. The lowest BCUT2D eigenvalue weighted by Crippen LogP contribution is -2.00. The number of benzene rings is 1. The lowest BCUT2D eigenvalue weighted by molar-refractivity contribution is 0.480. The first kappa shape index (κ1) is 15.3. The molecule has 0 atom stereocenters. The van der Waals surface area contributed by atoms with Crippen LogP contribution in [0.15, 0.2) is 48.8 Å². The molecule has 3 aromatic rings. The molecule has 4 nitrogen and oxygen atoms in total. The third-order valence-electron chi connectivity index (χ3n) is 3.87. The van der Waals surface area contributed by atoms with Crippen molar-refractivity contribution >= 4 is 0 Å². The summed E-state index contributed by atoms with van der Waals surface area (Å²) in [6.45, 7) is 8.42. The molecule has 4 heteroatoms. The second kappa shape index (κ2) is 6.24. The summed E-state index contributed by atoms with van der Waals surface area (Å²) in [6, 6.07) is 11.9. The predicted molar refractivity (Wildman–Crippen MR) is 91.4 cm³/mol. The van der Waals surface area contributed by atoms with Crippen LogP contribution in [0.5, 0.6) is 11.5 Å². The Morgan fingerprint density at radius 2 is 1.74 bits per heavy atom. The van der Waals surface area contributed by atoms with Gasteiger partial charge in [0.15, 0.2) is 5.82 Å². The number of aryl methyl sites for hydroxylation is 2. The van der Waals surface area contributed by atoms with Crippen LogP contribution in [0.4, 0.5) is 0 Å². The van der Waals surface area contributed by atoms with Gasteiger partial charge in [-0.25, -0.2) is 9.67 Å². The Kier molecular flexibility index (Phi) is 4.15. The van der Waals surface area contributed by atoms with Crippen molar-refractivity contribution in [2.45, 2.75) is 33.6 Å². The topological polar surface area (TPSA) is 39.9 Å². The van der Waals surface area contributed by atoms with Gasteiger partial charge in [-0.1, -0.05) is 19.9 Å². The molecular formula is C19H21N3O. The zero-order valence-electron chi connectivity index (χ0n) is 13.9. The average Bonchev–Trinajstić information content (AvgIpc) is 3.01. The van der Waals surface area contributed by atoms with E-state index in [0.717, 1.165) is 23.0 Å². The van der Waals surface area contributed by atoms with Gasteiger partial charge in [-0.2, -0.15) is 5.10 Å². The first-order chi connectivity index (χ1) is 11.0. The molecule has 0 fully saturated rings. The fourth-order valence-electron chi connectivity index (χ4n) is 2.28. The van der Waals surface area contributed by atoms with Crippen LogP contribution in [0.2, 0.25) is 0 Å². The Morgan fingerprint density at radius 3 is 2.43 bits per heavy atom. The third-order valence-corrected chi connectivity index (χ3v) is 3.87. The highest BCUT2D eigenvalue weighted by molar-refractivity contribution is 5.39. The van der Waals surface area contributed by atoms with Crippen molar-refractivity contribution in [2.24, 2.45) is 0 Å². The molecule has 0 saturated carbocycles. The third kappa shape index (κ3) is 3.42. The summed E-state index contributed by atoms with van der Waals surface area (Å²) in [6.07, 6.45) is 3.67. The van der Waals surface area contributed by atoms with E-state index in [2.05, 4.69) is 43.8 Å². The highest BCUT2D eigenvalue weighted by Gasteiger charge is 2.07. The molecule has 118 valence electrons. The monoisotopic (exact) mass is 307 g/mol. The second-order valence-corrected chi connectivity index (χ2v) is 6.04. The minimum Gasteiger partial charge on any atom is -0.457 e. The summed E-state index contributed by atoms with van der Waals surface area (Å²) in [7, 11) is 0. The lowest BCUT2D eigenvalue weighted by atomic mass is 10.1. The van der Waals surface area contributed by atoms with E-state index >= 15 is 0 Å². The molecule has 0 saturated heterocycles. The summed E-state index contributed by atoms with van der Waals surface area (Å²) in [5.74, 6) is 2.72. The summed E-state index contributed by atoms with van der Waals surface area (Å²) < 4.78 is 7.73. The maximum Gasteiger partial charge on any atom is 0.156 e. The molecule has 0 bridgehead atoms. The van der Waals surface area contributed by atoms with Gasteiger partial charge in [-0.3, -0.25) is 0 Å². The van der Waals surface area contributed by atoms with Crippen molar-refractivity contribution in [2.75, 3.05) is 0 Å². The van der Waals surface area contributed by atoms with Gasteiger partial charge in [-0.05, 0) is 55.2 Å². The summed E-state index contributed by atoms with van der Waals surface area (Å²) in [5.41, 5.74) is 3.52. The van der Waals surface area contributed by atoms with Crippen LogP contribution >= 0.6 is 0 Å². The van der Waals surface area contributed by atoms with Gasteiger partial charge in [0.05, 0.1) is 5.69 Å². The van der Waals surface area contributed by atoms with Crippen LogP contribution in [-0.2, 0) is 0 Å². The van der Waals surface area contributed by atoms with Crippen molar-refractivity contribution in [3.05, 3.63) is 65.6 Å². The molecule has 3 rings (SSSR count). The van der Waals surface area contributed by atoms with E-state index in [1.807, 2.05) is 36.5 Å². The molecular weight excluding hydrogens is 286 g/mol.